The molecular weight excluding hydrogens is 164 g/mol. The third-order valence-electron chi connectivity index (χ3n) is 2.45. The van der Waals surface area contributed by atoms with E-state index in [1.165, 1.54) is 25.7 Å². The highest BCUT2D eigenvalue weighted by Gasteiger charge is 2.14. The van der Waals surface area contributed by atoms with Gasteiger partial charge in [-0.25, -0.2) is 0 Å². The van der Waals surface area contributed by atoms with Crippen LogP contribution in [-0.2, 0) is 9.53 Å². The molecule has 0 spiro atoms. The fourth-order valence-electron chi connectivity index (χ4n) is 1.46. The highest BCUT2D eigenvalue weighted by molar-refractivity contribution is 5.53. The molecule has 0 saturated heterocycles. The van der Waals surface area contributed by atoms with Gasteiger partial charge in [-0.1, -0.05) is 39.5 Å². The lowest BCUT2D eigenvalue weighted by atomic mass is 10.00. The second-order valence-corrected chi connectivity index (χ2v) is 3.62. The molecule has 0 aromatic heterocycles. The highest BCUT2D eigenvalue weighted by Crippen LogP contribution is 2.13. The molecule has 0 aromatic rings. The molecule has 0 aliphatic rings. The van der Waals surface area contributed by atoms with Crippen LogP contribution in [0.3, 0.4) is 0 Å². The van der Waals surface area contributed by atoms with Gasteiger partial charge >= 0.3 is 0 Å². The summed E-state index contributed by atoms with van der Waals surface area (Å²) in [4.78, 5) is 10.5. The zero-order chi connectivity index (χ0) is 10.1. The van der Waals surface area contributed by atoms with E-state index in [9.17, 15) is 4.79 Å². The molecule has 0 fully saturated rings. The smallest absolute Gasteiger partial charge is 0.125 e. The molecule has 0 N–H and O–H groups in total. The summed E-state index contributed by atoms with van der Waals surface area (Å²) in [6, 6.07) is 0. The molecule has 0 aromatic carbocycles. The molecule has 0 aliphatic heterocycles. The van der Waals surface area contributed by atoms with Gasteiger partial charge in [-0.3, -0.25) is 0 Å². The third kappa shape index (κ3) is 5.81. The quantitative estimate of drug-likeness (QED) is 0.430. The Hall–Kier alpha value is -0.370. The maximum Gasteiger partial charge on any atom is 0.125 e. The van der Waals surface area contributed by atoms with Gasteiger partial charge in [0.25, 0.3) is 0 Å². The Bertz CT molecular complexity index is 123. The number of hydrogen-bond donors (Lipinski definition) is 0. The Morgan fingerprint density at radius 3 is 2.46 bits per heavy atom. The molecule has 78 valence electrons. The standard InChI is InChI=1S/C11H22O2/c1-4-5-6-7-8-11(13-3)10(2)9-12/h9-11H,4-8H2,1-3H3. The largest absolute Gasteiger partial charge is 0.381 e. The lowest BCUT2D eigenvalue weighted by Crippen LogP contribution is -2.21. The van der Waals surface area contributed by atoms with Crippen molar-refractivity contribution in [2.45, 2.75) is 52.1 Å². The minimum atomic E-state index is 0.0339. The van der Waals surface area contributed by atoms with E-state index in [2.05, 4.69) is 6.92 Å². The molecule has 0 aliphatic carbocycles. The van der Waals surface area contributed by atoms with Gasteiger partial charge in [0.2, 0.25) is 0 Å². The van der Waals surface area contributed by atoms with Gasteiger partial charge in [-0.15, -0.1) is 0 Å². The van der Waals surface area contributed by atoms with Crippen LogP contribution in [0, 0.1) is 5.92 Å². The zero-order valence-electron chi connectivity index (χ0n) is 9.08. The Morgan fingerprint density at radius 2 is 2.00 bits per heavy atom. The van der Waals surface area contributed by atoms with E-state index in [4.69, 9.17) is 4.74 Å². The Labute approximate surface area is 81.7 Å². The SMILES string of the molecule is CCCCCCC(OC)C(C)C=O. The summed E-state index contributed by atoms with van der Waals surface area (Å²) >= 11 is 0. The predicted molar refractivity (Wildman–Crippen MR) is 54.8 cm³/mol. The van der Waals surface area contributed by atoms with Crippen LogP contribution >= 0.6 is 0 Å². The first-order valence-corrected chi connectivity index (χ1v) is 5.24. The lowest BCUT2D eigenvalue weighted by molar-refractivity contribution is -0.114. The van der Waals surface area contributed by atoms with Crippen molar-refractivity contribution in [3.8, 4) is 0 Å². The van der Waals surface area contributed by atoms with Gasteiger partial charge in [0.05, 0.1) is 6.10 Å². The minimum absolute atomic E-state index is 0.0339. The first kappa shape index (κ1) is 12.6. The van der Waals surface area contributed by atoms with Crippen LogP contribution in [0.4, 0.5) is 0 Å². The second kappa shape index (κ2) is 8.24. The summed E-state index contributed by atoms with van der Waals surface area (Å²) in [6.45, 7) is 4.11. The molecule has 2 atom stereocenters. The summed E-state index contributed by atoms with van der Waals surface area (Å²) in [6.07, 6.45) is 7.07. The lowest BCUT2D eigenvalue weighted by Gasteiger charge is -2.17. The normalized spacial score (nSPS) is 15.3. The number of carbonyl (C=O) groups is 1. The van der Waals surface area contributed by atoms with Crippen molar-refractivity contribution < 1.29 is 9.53 Å². The van der Waals surface area contributed by atoms with Crippen LogP contribution in [0.5, 0.6) is 0 Å². The van der Waals surface area contributed by atoms with E-state index in [-0.39, 0.29) is 12.0 Å². The number of aldehydes is 1. The van der Waals surface area contributed by atoms with Gasteiger partial charge in [-0.05, 0) is 6.42 Å². The first-order chi connectivity index (χ1) is 6.26. The van der Waals surface area contributed by atoms with Gasteiger partial charge in [0, 0.05) is 13.0 Å². The number of carbonyl (C=O) groups excluding carboxylic acids is 1. The Balaban J connectivity index is 3.53. The number of hydrogen-bond acceptors (Lipinski definition) is 2. The number of methoxy groups -OCH3 is 1. The molecule has 0 saturated carbocycles. The van der Waals surface area contributed by atoms with E-state index in [0.29, 0.717) is 0 Å². The average molecular weight is 186 g/mol. The number of unbranched alkanes of at least 4 members (excludes halogenated alkanes) is 3. The van der Waals surface area contributed by atoms with Crippen molar-refractivity contribution >= 4 is 6.29 Å². The fourth-order valence-corrected chi connectivity index (χ4v) is 1.46. The number of ether oxygens (including phenoxy) is 1. The highest BCUT2D eigenvalue weighted by atomic mass is 16.5. The molecule has 0 radical (unpaired) electrons. The van der Waals surface area contributed by atoms with Gasteiger partial charge < -0.3 is 9.53 Å². The second-order valence-electron chi connectivity index (χ2n) is 3.62. The summed E-state index contributed by atoms with van der Waals surface area (Å²) in [5, 5.41) is 0. The molecule has 2 unspecified atom stereocenters. The van der Waals surface area contributed by atoms with Crippen molar-refractivity contribution in [1.82, 2.24) is 0 Å². The molecule has 0 rings (SSSR count). The van der Waals surface area contributed by atoms with Gasteiger partial charge in [0.1, 0.15) is 6.29 Å². The Kier molecular flexibility index (Phi) is 8.00. The molecule has 0 bridgehead atoms. The molecular formula is C11H22O2. The van der Waals surface area contributed by atoms with Gasteiger partial charge in [-0.2, -0.15) is 0 Å². The summed E-state index contributed by atoms with van der Waals surface area (Å²) in [7, 11) is 1.69. The number of rotatable bonds is 8. The van der Waals surface area contributed by atoms with Crippen molar-refractivity contribution in [3.63, 3.8) is 0 Å². The third-order valence-corrected chi connectivity index (χ3v) is 2.45. The van der Waals surface area contributed by atoms with Crippen LogP contribution in [-0.4, -0.2) is 19.5 Å². The summed E-state index contributed by atoms with van der Waals surface area (Å²) < 4.78 is 5.25. The minimum Gasteiger partial charge on any atom is -0.381 e. The van der Waals surface area contributed by atoms with Crippen LogP contribution in [0.15, 0.2) is 0 Å². The van der Waals surface area contributed by atoms with Gasteiger partial charge in [0.15, 0.2) is 0 Å². The van der Waals surface area contributed by atoms with Crippen LogP contribution in [0.2, 0.25) is 0 Å². The molecule has 2 nitrogen and oxygen atoms in total. The molecule has 2 heteroatoms. The van der Waals surface area contributed by atoms with E-state index in [1.54, 1.807) is 7.11 Å². The van der Waals surface area contributed by atoms with Crippen molar-refractivity contribution in [3.05, 3.63) is 0 Å². The molecule has 13 heavy (non-hydrogen) atoms. The van der Waals surface area contributed by atoms with Crippen molar-refractivity contribution in [1.29, 1.82) is 0 Å². The Morgan fingerprint density at radius 1 is 1.31 bits per heavy atom. The van der Waals surface area contributed by atoms with E-state index < -0.39 is 0 Å². The molecule has 0 amide bonds. The topological polar surface area (TPSA) is 26.3 Å². The molecule has 0 heterocycles. The monoisotopic (exact) mass is 186 g/mol. The van der Waals surface area contributed by atoms with E-state index in [1.807, 2.05) is 6.92 Å². The first-order valence-electron chi connectivity index (χ1n) is 5.24. The van der Waals surface area contributed by atoms with Crippen LogP contribution < -0.4 is 0 Å². The summed E-state index contributed by atoms with van der Waals surface area (Å²) in [5.74, 6) is 0.0339. The van der Waals surface area contributed by atoms with Crippen molar-refractivity contribution in [2.24, 2.45) is 5.92 Å². The zero-order valence-corrected chi connectivity index (χ0v) is 9.08. The van der Waals surface area contributed by atoms with Crippen LogP contribution in [0.1, 0.15) is 46.0 Å². The fraction of sp³-hybridized carbons (Fsp3) is 0.909. The van der Waals surface area contributed by atoms with Crippen molar-refractivity contribution in [2.75, 3.05) is 7.11 Å². The average Bonchev–Trinajstić information content (AvgIpc) is 2.17. The van der Waals surface area contributed by atoms with E-state index in [0.717, 1.165) is 12.7 Å². The summed E-state index contributed by atoms with van der Waals surface area (Å²) in [5.41, 5.74) is 0. The predicted octanol–water partition coefficient (Wildman–Crippen LogP) is 2.81. The maximum absolute atomic E-state index is 10.5. The maximum atomic E-state index is 10.5. The van der Waals surface area contributed by atoms with E-state index >= 15 is 0 Å². The van der Waals surface area contributed by atoms with Crippen LogP contribution in [0.25, 0.3) is 0 Å².